The Hall–Kier alpha value is -3.66. The number of carbonyl (C=O) groups is 1. The fraction of sp³-hybridized carbons (Fsp3) is 0.355. The zero-order valence-corrected chi connectivity index (χ0v) is 21.3. The number of ether oxygens (including phenoxy) is 4. The zero-order chi connectivity index (χ0) is 25.8. The molecule has 1 saturated heterocycles. The number of esters is 1. The van der Waals surface area contributed by atoms with Gasteiger partial charge in [0.05, 0.1) is 43.6 Å². The third kappa shape index (κ3) is 5.53. The number of nitrogens with zero attached hydrogens (tertiary/aromatic N) is 1. The Morgan fingerprint density at radius 2 is 1.65 bits per heavy atom. The van der Waals surface area contributed by atoms with E-state index in [1.165, 1.54) is 0 Å². The van der Waals surface area contributed by atoms with Crippen molar-refractivity contribution in [3.63, 3.8) is 0 Å². The summed E-state index contributed by atoms with van der Waals surface area (Å²) < 4.78 is 22.5. The molecule has 5 rings (SSSR count). The molecule has 1 unspecified atom stereocenters. The van der Waals surface area contributed by atoms with E-state index in [0.29, 0.717) is 23.5 Å². The summed E-state index contributed by atoms with van der Waals surface area (Å²) in [6, 6.07) is 20.7. The number of unbranched alkanes of at least 4 members (excludes halogenated alkanes) is 1. The van der Waals surface area contributed by atoms with Gasteiger partial charge in [0.15, 0.2) is 0 Å². The van der Waals surface area contributed by atoms with Crippen LogP contribution in [0.5, 0.6) is 11.5 Å². The number of benzene rings is 3. The highest BCUT2D eigenvalue weighted by atomic mass is 16.5. The van der Waals surface area contributed by atoms with E-state index in [1.807, 2.05) is 36.4 Å². The third-order valence-electron chi connectivity index (χ3n) is 7.03. The van der Waals surface area contributed by atoms with E-state index < -0.39 is 5.97 Å². The molecule has 0 radical (unpaired) electrons. The average Bonchev–Trinajstić information content (AvgIpc) is 3.18. The van der Waals surface area contributed by atoms with Crippen molar-refractivity contribution in [2.75, 3.05) is 33.0 Å². The highest BCUT2D eigenvalue weighted by Gasteiger charge is 2.33. The molecule has 2 aliphatic rings. The van der Waals surface area contributed by atoms with Crippen LogP contribution in [0.4, 0.5) is 0 Å². The van der Waals surface area contributed by atoms with Crippen LogP contribution in [-0.2, 0) is 9.47 Å². The standard InChI is InChI=1S/C31H31NO5/c1-21-28-15-22(17-32)5-11-26(28)27-12-10-25(16-29(21)27)37-30(33)23-6-8-24(9-7-23)36-14-4-3-13-34-18-31(2)19-35-20-31/h5-12,15-16,21H,3-4,13-14,18-20H2,1-2H3. The Bertz CT molecular complexity index is 1320. The number of nitriles is 1. The molecular formula is C31H31NO5. The van der Waals surface area contributed by atoms with Gasteiger partial charge in [-0.3, -0.25) is 0 Å². The van der Waals surface area contributed by atoms with Crippen LogP contribution < -0.4 is 9.47 Å². The molecule has 1 atom stereocenters. The molecule has 0 aromatic heterocycles. The number of carbonyl (C=O) groups excluding carboxylic acids is 1. The van der Waals surface area contributed by atoms with Gasteiger partial charge in [0.25, 0.3) is 0 Å². The monoisotopic (exact) mass is 497 g/mol. The molecule has 0 bridgehead atoms. The van der Waals surface area contributed by atoms with Crippen LogP contribution in [0.2, 0.25) is 0 Å². The maximum atomic E-state index is 12.7. The second-order valence-corrected chi connectivity index (χ2v) is 10.2. The molecule has 0 saturated carbocycles. The van der Waals surface area contributed by atoms with Crippen LogP contribution in [0.1, 0.15) is 59.7 Å². The first kappa shape index (κ1) is 25.0. The lowest BCUT2D eigenvalue weighted by Crippen LogP contribution is -2.43. The molecule has 6 nitrogen and oxygen atoms in total. The first-order valence-electron chi connectivity index (χ1n) is 12.7. The second-order valence-electron chi connectivity index (χ2n) is 10.2. The minimum atomic E-state index is -0.413. The first-order chi connectivity index (χ1) is 18.0. The van der Waals surface area contributed by atoms with Gasteiger partial charge in [-0.15, -0.1) is 0 Å². The highest BCUT2D eigenvalue weighted by Crippen LogP contribution is 2.46. The van der Waals surface area contributed by atoms with Gasteiger partial charge in [-0.1, -0.05) is 26.0 Å². The summed E-state index contributed by atoms with van der Waals surface area (Å²) in [5.41, 5.74) is 5.76. The summed E-state index contributed by atoms with van der Waals surface area (Å²) in [7, 11) is 0. The van der Waals surface area contributed by atoms with Crippen LogP contribution in [-0.4, -0.2) is 39.0 Å². The van der Waals surface area contributed by atoms with E-state index >= 15 is 0 Å². The Balaban J connectivity index is 1.10. The van der Waals surface area contributed by atoms with Crippen molar-refractivity contribution in [2.24, 2.45) is 5.41 Å². The normalized spacial score (nSPS) is 16.7. The quantitative estimate of drug-likeness (QED) is 0.191. The van der Waals surface area contributed by atoms with Gasteiger partial charge in [-0.2, -0.15) is 5.26 Å². The highest BCUT2D eigenvalue weighted by molar-refractivity contribution is 5.91. The van der Waals surface area contributed by atoms with Gasteiger partial charge in [0.2, 0.25) is 0 Å². The van der Waals surface area contributed by atoms with Crippen molar-refractivity contribution in [3.05, 3.63) is 82.9 Å². The number of rotatable bonds is 10. The molecule has 1 fully saturated rings. The Morgan fingerprint density at radius 3 is 2.35 bits per heavy atom. The Morgan fingerprint density at radius 1 is 0.973 bits per heavy atom. The number of fused-ring (bicyclic) bond motifs is 3. The fourth-order valence-corrected chi connectivity index (χ4v) is 4.81. The second kappa shape index (κ2) is 10.8. The van der Waals surface area contributed by atoms with E-state index in [4.69, 9.17) is 18.9 Å². The molecule has 0 amide bonds. The average molecular weight is 498 g/mol. The van der Waals surface area contributed by atoms with E-state index in [1.54, 1.807) is 24.3 Å². The molecule has 3 aromatic rings. The van der Waals surface area contributed by atoms with Crippen molar-refractivity contribution in [2.45, 2.75) is 32.6 Å². The fourth-order valence-electron chi connectivity index (χ4n) is 4.81. The summed E-state index contributed by atoms with van der Waals surface area (Å²) in [5, 5.41) is 9.23. The lowest BCUT2D eigenvalue weighted by Gasteiger charge is -2.37. The molecular weight excluding hydrogens is 466 g/mol. The molecule has 1 heterocycles. The first-order valence-corrected chi connectivity index (χ1v) is 12.7. The van der Waals surface area contributed by atoms with Gasteiger partial charge in [-0.05, 0) is 83.6 Å². The maximum Gasteiger partial charge on any atom is 0.343 e. The van der Waals surface area contributed by atoms with E-state index in [2.05, 4.69) is 19.9 Å². The van der Waals surface area contributed by atoms with Crippen LogP contribution in [0.15, 0.2) is 60.7 Å². The summed E-state index contributed by atoms with van der Waals surface area (Å²) in [6.45, 7) is 7.91. The van der Waals surface area contributed by atoms with Crippen LogP contribution in [0.25, 0.3) is 11.1 Å². The van der Waals surface area contributed by atoms with Crippen LogP contribution >= 0.6 is 0 Å². The van der Waals surface area contributed by atoms with E-state index in [-0.39, 0.29) is 11.3 Å². The Kier molecular flexibility index (Phi) is 7.27. The molecule has 0 N–H and O–H groups in total. The van der Waals surface area contributed by atoms with Gasteiger partial charge < -0.3 is 18.9 Å². The smallest absolute Gasteiger partial charge is 0.343 e. The molecule has 0 spiro atoms. The van der Waals surface area contributed by atoms with Crippen molar-refractivity contribution >= 4 is 5.97 Å². The van der Waals surface area contributed by atoms with E-state index in [9.17, 15) is 10.1 Å². The number of hydrogen-bond donors (Lipinski definition) is 0. The summed E-state index contributed by atoms with van der Waals surface area (Å²) in [4.78, 5) is 12.7. The predicted octanol–water partition coefficient (Wildman–Crippen LogP) is 6.12. The van der Waals surface area contributed by atoms with E-state index in [0.717, 1.165) is 67.3 Å². The van der Waals surface area contributed by atoms with Crippen LogP contribution in [0.3, 0.4) is 0 Å². The van der Waals surface area contributed by atoms with Crippen LogP contribution in [0, 0.1) is 16.7 Å². The topological polar surface area (TPSA) is 77.8 Å². The largest absolute Gasteiger partial charge is 0.494 e. The van der Waals surface area contributed by atoms with Crippen molar-refractivity contribution in [3.8, 4) is 28.7 Å². The molecule has 190 valence electrons. The molecule has 6 heteroatoms. The molecule has 1 aliphatic heterocycles. The summed E-state index contributed by atoms with van der Waals surface area (Å²) in [6.07, 6.45) is 1.83. The number of hydrogen-bond acceptors (Lipinski definition) is 6. The van der Waals surface area contributed by atoms with Crippen molar-refractivity contribution in [1.29, 1.82) is 5.26 Å². The van der Waals surface area contributed by atoms with Gasteiger partial charge in [0.1, 0.15) is 11.5 Å². The lowest BCUT2D eigenvalue weighted by molar-refractivity contribution is -0.138. The van der Waals surface area contributed by atoms with Crippen molar-refractivity contribution in [1.82, 2.24) is 0 Å². The SMILES string of the molecule is CC1c2cc(C#N)ccc2-c2ccc(OC(=O)c3ccc(OCCCCOCC4(C)COC4)cc3)cc21. The molecule has 37 heavy (non-hydrogen) atoms. The summed E-state index contributed by atoms with van der Waals surface area (Å²) >= 11 is 0. The van der Waals surface area contributed by atoms with Gasteiger partial charge >= 0.3 is 5.97 Å². The van der Waals surface area contributed by atoms with Gasteiger partial charge in [0, 0.05) is 17.9 Å². The lowest BCUT2D eigenvalue weighted by atomic mass is 9.90. The predicted molar refractivity (Wildman–Crippen MR) is 140 cm³/mol. The molecule has 3 aromatic carbocycles. The molecule has 1 aliphatic carbocycles. The summed E-state index contributed by atoms with van der Waals surface area (Å²) in [5.74, 6) is 0.937. The maximum absolute atomic E-state index is 12.7. The minimum absolute atomic E-state index is 0.126. The van der Waals surface area contributed by atoms with Crippen molar-refractivity contribution < 1.29 is 23.7 Å². The zero-order valence-electron chi connectivity index (χ0n) is 21.3. The van der Waals surface area contributed by atoms with Gasteiger partial charge in [-0.25, -0.2) is 4.79 Å². The Labute approximate surface area is 217 Å². The minimum Gasteiger partial charge on any atom is -0.494 e. The third-order valence-corrected chi connectivity index (χ3v) is 7.03.